The second-order valence-electron chi connectivity index (χ2n) is 7.82. The first-order valence-electron chi connectivity index (χ1n) is 10.6. The highest BCUT2D eigenvalue weighted by Crippen LogP contribution is 2.19. The lowest BCUT2D eigenvalue weighted by Crippen LogP contribution is -2.57. The third kappa shape index (κ3) is 7.50. The molecule has 0 saturated heterocycles. The van der Waals surface area contributed by atoms with Crippen molar-refractivity contribution in [2.45, 2.75) is 50.9 Å². The summed E-state index contributed by atoms with van der Waals surface area (Å²) in [6, 6.07) is 3.71. The molecule has 3 amide bonds. The van der Waals surface area contributed by atoms with Crippen LogP contribution in [0.4, 0.5) is 0 Å². The van der Waals surface area contributed by atoms with Crippen molar-refractivity contribution in [3.8, 4) is 0 Å². The monoisotopic (exact) mass is 477 g/mol. The van der Waals surface area contributed by atoms with Gasteiger partial charge in [-0.25, -0.2) is 0 Å². The average molecular weight is 478 g/mol. The van der Waals surface area contributed by atoms with E-state index in [2.05, 4.69) is 20.9 Å². The van der Waals surface area contributed by atoms with Crippen LogP contribution in [0.1, 0.15) is 25.8 Å². The Kier molecular flexibility index (Phi) is 9.74. The highest BCUT2D eigenvalue weighted by Gasteiger charge is 2.29. The Morgan fingerprint density at radius 1 is 1.03 bits per heavy atom. The van der Waals surface area contributed by atoms with Crippen molar-refractivity contribution in [3.63, 3.8) is 0 Å². The number of nitrogens with one attached hydrogen (secondary N) is 4. The fourth-order valence-corrected chi connectivity index (χ4v) is 3.66. The second kappa shape index (κ2) is 12.3. The third-order valence-electron chi connectivity index (χ3n) is 5.12. The van der Waals surface area contributed by atoms with E-state index in [4.69, 9.17) is 10.8 Å². The number of carboxylic acids is 1. The topological polar surface area (TPSA) is 166 Å². The number of carbonyl (C=O) groups excluding carboxylic acids is 3. The average Bonchev–Trinajstić information content (AvgIpc) is 3.18. The maximum atomic E-state index is 13.2. The van der Waals surface area contributed by atoms with E-state index in [0.717, 1.165) is 16.5 Å². The van der Waals surface area contributed by atoms with Gasteiger partial charge in [-0.05, 0) is 43.9 Å². The number of carbonyl (C=O) groups is 4. The first-order chi connectivity index (χ1) is 15.6. The van der Waals surface area contributed by atoms with Gasteiger partial charge < -0.3 is 31.8 Å². The number of amides is 3. The first kappa shape index (κ1) is 26.2. The molecule has 33 heavy (non-hydrogen) atoms. The maximum absolute atomic E-state index is 13.2. The van der Waals surface area contributed by atoms with Crippen molar-refractivity contribution in [2.75, 3.05) is 12.0 Å². The summed E-state index contributed by atoms with van der Waals surface area (Å²) in [6.07, 6.45) is 4.11. The van der Waals surface area contributed by atoms with Crippen molar-refractivity contribution >= 4 is 46.4 Å². The number of nitrogens with two attached hydrogens (primary N) is 1. The molecule has 0 bridgehead atoms. The molecule has 1 aromatic heterocycles. The van der Waals surface area contributed by atoms with Gasteiger partial charge in [0.05, 0.1) is 6.04 Å². The molecule has 0 fully saturated rings. The van der Waals surface area contributed by atoms with Gasteiger partial charge >= 0.3 is 5.97 Å². The molecule has 2 rings (SSSR count). The molecule has 0 aliphatic heterocycles. The molecule has 11 heteroatoms. The predicted molar refractivity (Wildman–Crippen MR) is 128 cm³/mol. The third-order valence-corrected chi connectivity index (χ3v) is 5.76. The summed E-state index contributed by atoms with van der Waals surface area (Å²) in [5, 5.41) is 17.7. The number of thioether (sulfide) groups is 1. The quantitative estimate of drug-likeness (QED) is 0.257. The van der Waals surface area contributed by atoms with Gasteiger partial charge in [-0.3, -0.25) is 19.2 Å². The van der Waals surface area contributed by atoms with E-state index in [1.807, 2.05) is 30.5 Å². The van der Waals surface area contributed by atoms with Gasteiger partial charge in [0.25, 0.3) is 0 Å². The van der Waals surface area contributed by atoms with Crippen LogP contribution in [-0.2, 0) is 25.6 Å². The molecule has 0 spiro atoms. The molecule has 180 valence electrons. The summed E-state index contributed by atoms with van der Waals surface area (Å²) in [6.45, 7) is 2.86. The Morgan fingerprint density at radius 2 is 1.67 bits per heavy atom. The van der Waals surface area contributed by atoms with E-state index in [9.17, 15) is 19.2 Å². The summed E-state index contributed by atoms with van der Waals surface area (Å²) >= 11 is 1.49. The molecular weight excluding hydrogens is 446 g/mol. The van der Waals surface area contributed by atoms with Crippen LogP contribution in [0.5, 0.6) is 0 Å². The fraction of sp³-hybridized carbons (Fsp3) is 0.455. The van der Waals surface area contributed by atoms with Gasteiger partial charge in [-0.2, -0.15) is 11.8 Å². The lowest BCUT2D eigenvalue weighted by molar-refractivity contribution is -0.141. The van der Waals surface area contributed by atoms with E-state index >= 15 is 0 Å². The fourth-order valence-electron chi connectivity index (χ4n) is 3.19. The summed E-state index contributed by atoms with van der Waals surface area (Å²) in [4.78, 5) is 52.3. The number of aromatic amines is 1. The molecule has 1 aromatic carbocycles. The van der Waals surface area contributed by atoms with E-state index < -0.39 is 47.9 Å². The van der Waals surface area contributed by atoms with Crippen LogP contribution in [0.25, 0.3) is 10.9 Å². The molecule has 10 nitrogen and oxygen atoms in total. The van der Waals surface area contributed by atoms with Crippen LogP contribution in [0.2, 0.25) is 0 Å². The van der Waals surface area contributed by atoms with Gasteiger partial charge in [0.2, 0.25) is 17.7 Å². The zero-order valence-corrected chi connectivity index (χ0v) is 19.7. The number of hydrogen-bond donors (Lipinski definition) is 6. The van der Waals surface area contributed by atoms with Gasteiger partial charge in [0, 0.05) is 23.5 Å². The number of aliphatic carboxylic acids is 1. The number of fused-ring (bicyclic) bond motifs is 1. The van der Waals surface area contributed by atoms with Crippen LogP contribution in [0.15, 0.2) is 30.5 Å². The van der Waals surface area contributed by atoms with Crippen molar-refractivity contribution in [2.24, 2.45) is 5.73 Å². The number of hydrogen-bond acceptors (Lipinski definition) is 6. The Morgan fingerprint density at radius 3 is 2.30 bits per heavy atom. The second-order valence-corrected chi connectivity index (χ2v) is 8.81. The Bertz CT molecular complexity index is 992. The molecule has 0 saturated carbocycles. The largest absolute Gasteiger partial charge is 0.480 e. The molecule has 0 aliphatic carbocycles. The molecule has 1 heterocycles. The first-order valence-corrected chi connectivity index (χ1v) is 12.0. The highest BCUT2D eigenvalue weighted by atomic mass is 32.2. The SMILES string of the molecule is CSCCC(NC(=O)C(Cc1c[nH]c2ccccc12)NC(=O)C(C)N)C(=O)NC(C)C(=O)O. The normalized spacial score (nSPS) is 14.7. The zero-order chi connectivity index (χ0) is 24.5. The molecular formula is C22H31N5O5S. The number of aromatic nitrogens is 1. The minimum absolute atomic E-state index is 0.177. The van der Waals surface area contributed by atoms with E-state index in [1.165, 1.54) is 25.6 Å². The standard InChI is InChI=1S/C22H31N5O5S/c1-12(23)19(28)27-18(10-14-11-24-16-7-5-4-6-15(14)16)21(30)26-17(8-9-33-3)20(29)25-13(2)22(31)32/h4-7,11-13,17-18,24H,8-10,23H2,1-3H3,(H,25,29)(H,26,30)(H,27,28)(H,31,32). The van der Waals surface area contributed by atoms with E-state index in [-0.39, 0.29) is 6.42 Å². The summed E-state index contributed by atoms with van der Waals surface area (Å²) < 4.78 is 0. The minimum Gasteiger partial charge on any atom is -0.480 e. The number of para-hydroxylation sites is 1. The van der Waals surface area contributed by atoms with Crippen LogP contribution < -0.4 is 21.7 Å². The van der Waals surface area contributed by atoms with Gasteiger partial charge in [0.1, 0.15) is 18.1 Å². The molecule has 7 N–H and O–H groups in total. The molecule has 4 atom stereocenters. The van der Waals surface area contributed by atoms with Gasteiger partial charge in [-0.1, -0.05) is 18.2 Å². The van der Waals surface area contributed by atoms with Crippen molar-refractivity contribution < 1.29 is 24.3 Å². The summed E-state index contributed by atoms with van der Waals surface area (Å²) in [5.74, 6) is -2.27. The van der Waals surface area contributed by atoms with Crippen molar-refractivity contribution in [1.82, 2.24) is 20.9 Å². The lowest BCUT2D eigenvalue weighted by Gasteiger charge is -2.24. The highest BCUT2D eigenvalue weighted by molar-refractivity contribution is 7.98. The van der Waals surface area contributed by atoms with Crippen LogP contribution in [0.3, 0.4) is 0 Å². The number of H-pyrrole nitrogens is 1. The maximum Gasteiger partial charge on any atom is 0.325 e. The van der Waals surface area contributed by atoms with Crippen LogP contribution in [-0.4, -0.2) is 70.0 Å². The van der Waals surface area contributed by atoms with Gasteiger partial charge in [0.15, 0.2) is 0 Å². The molecule has 2 aromatic rings. The number of rotatable bonds is 12. The summed E-state index contributed by atoms with van der Waals surface area (Å²) in [5.41, 5.74) is 7.39. The predicted octanol–water partition coefficient (Wildman–Crippen LogP) is 0.370. The number of benzene rings is 1. The Hall–Kier alpha value is -3.05. The molecule has 0 aliphatic rings. The molecule has 0 radical (unpaired) electrons. The minimum atomic E-state index is -1.18. The van der Waals surface area contributed by atoms with E-state index in [1.54, 1.807) is 6.20 Å². The molecule has 4 unspecified atom stereocenters. The van der Waals surface area contributed by atoms with Gasteiger partial charge in [-0.15, -0.1) is 0 Å². The van der Waals surface area contributed by atoms with E-state index in [0.29, 0.717) is 12.2 Å². The lowest BCUT2D eigenvalue weighted by atomic mass is 10.0. The van der Waals surface area contributed by atoms with Crippen molar-refractivity contribution in [3.05, 3.63) is 36.0 Å². The van der Waals surface area contributed by atoms with Crippen LogP contribution in [0, 0.1) is 0 Å². The smallest absolute Gasteiger partial charge is 0.325 e. The Labute approximate surface area is 196 Å². The zero-order valence-electron chi connectivity index (χ0n) is 18.9. The van der Waals surface area contributed by atoms with Crippen LogP contribution >= 0.6 is 11.8 Å². The van der Waals surface area contributed by atoms with Crippen molar-refractivity contribution in [1.29, 1.82) is 0 Å². The Balaban J connectivity index is 2.23. The summed E-state index contributed by atoms with van der Waals surface area (Å²) in [7, 11) is 0. The number of carboxylic acid groups (broad SMARTS) is 1.